The number of fused-ring (bicyclic) bond motifs is 1. The van der Waals surface area contributed by atoms with Crippen LogP contribution >= 0.6 is 0 Å². The molecule has 1 aromatic carbocycles. The number of hydrogen-bond donors (Lipinski definition) is 1. The summed E-state index contributed by atoms with van der Waals surface area (Å²) in [6.07, 6.45) is 2.93. The Morgan fingerprint density at radius 2 is 2.29 bits per heavy atom. The second kappa shape index (κ2) is 3.70. The minimum Gasteiger partial charge on any atom is -0.330 e. The van der Waals surface area contributed by atoms with Gasteiger partial charge < -0.3 is 5.73 Å². The molecule has 0 saturated heterocycles. The number of nitrogens with two attached hydrogens (primary N) is 1. The lowest BCUT2D eigenvalue weighted by molar-refractivity contribution is 0.610. The zero-order chi connectivity index (χ0) is 10.1. The highest BCUT2D eigenvalue weighted by Crippen LogP contribution is 2.38. The Kier molecular flexibility index (Phi) is 2.55. The molecule has 0 bridgehead atoms. The number of halogens is 1. The van der Waals surface area contributed by atoms with Crippen LogP contribution in [-0.4, -0.2) is 6.54 Å². The molecular weight excluding hydrogens is 177 g/mol. The van der Waals surface area contributed by atoms with Gasteiger partial charge in [-0.3, -0.25) is 0 Å². The third-order valence-corrected chi connectivity index (χ3v) is 3.18. The molecule has 2 heteroatoms. The van der Waals surface area contributed by atoms with Gasteiger partial charge in [0.25, 0.3) is 0 Å². The van der Waals surface area contributed by atoms with Crippen LogP contribution in [0, 0.1) is 12.7 Å². The van der Waals surface area contributed by atoms with Crippen LogP contribution in [-0.2, 0) is 6.42 Å². The molecule has 0 saturated carbocycles. The molecule has 2 N–H and O–H groups in total. The molecule has 0 fully saturated rings. The second-order valence-electron chi connectivity index (χ2n) is 4.07. The minimum atomic E-state index is -0.0369. The summed E-state index contributed by atoms with van der Waals surface area (Å²) in [4.78, 5) is 0. The van der Waals surface area contributed by atoms with Gasteiger partial charge in [0.1, 0.15) is 5.82 Å². The molecule has 1 aromatic rings. The molecule has 0 radical (unpaired) electrons. The number of aryl methyl sites for hydroxylation is 1. The van der Waals surface area contributed by atoms with Crippen molar-refractivity contribution in [2.45, 2.75) is 32.1 Å². The lowest BCUT2D eigenvalue weighted by Crippen LogP contribution is -2.06. The fourth-order valence-electron chi connectivity index (χ4n) is 2.53. The van der Waals surface area contributed by atoms with Crippen molar-refractivity contribution in [3.05, 3.63) is 34.6 Å². The van der Waals surface area contributed by atoms with E-state index in [2.05, 4.69) is 6.92 Å². The molecule has 14 heavy (non-hydrogen) atoms. The van der Waals surface area contributed by atoms with Gasteiger partial charge in [-0.05, 0) is 61.4 Å². The van der Waals surface area contributed by atoms with Crippen LogP contribution in [0.1, 0.15) is 35.4 Å². The Bertz CT molecular complexity index is 346. The molecule has 0 aromatic heterocycles. The van der Waals surface area contributed by atoms with Crippen molar-refractivity contribution in [1.29, 1.82) is 0 Å². The van der Waals surface area contributed by atoms with Gasteiger partial charge in [0.15, 0.2) is 0 Å². The third kappa shape index (κ3) is 1.44. The summed E-state index contributed by atoms with van der Waals surface area (Å²) >= 11 is 0. The Morgan fingerprint density at radius 3 is 3.00 bits per heavy atom. The largest absolute Gasteiger partial charge is 0.330 e. The molecule has 0 spiro atoms. The van der Waals surface area contributed by atoms with E-state index in [9.17, 15) is 4.39 Å². The molecular formula is C12H16FN. The molecule has 1 atom stereocenters. The minimum absolute atomic E-state index is 0.0369. The zero-order valence-electron chi connectivity index (χ0n) is 8.52. The maximum absolute atomic E-state index is 13.5. The van der Waals surface area contributed by atoms with Crippen molar-refractivity contribution in [3.8, 4) is 0 Å². The van der Waals surface area contributed by atoms with Gasteiger partial charge >= 0.3 is 0 Å². The maximum Gasteiger partial charge on any atom is 0.126 e. The fraction of sp³-hybridized carbons (Fsp3) is 0.500. The first-order valence-corrected chi connectivity index (χ1v) is 5.22. The lowest BCUT2D eigenvalue weighted by atomic mass is 9.94. The standard InChI is InChI=1S/C12H16FN/c1-8-2-5-11(13)10-4-3-9(6-7-14)12(8)10/h2,5,9H,3-4,6-7,14H2,1H3. The summed E-state index contributed by atoms with van der Waals surface area (Å²) in [5, 5.41) is 0. The van der Waals surface area contributed by atoms with Crippen LogP contribution in [0.25, 0.3) is 0 Å². The Labute approximate surface area is 84.1 Å². The maximum atomic E-state index is 13.5. The van der Waals surface area contributed by atoms with Crippen LogP contribution in [0.15, 0.2) is 12.1 Å². The molecule has 1 unspecified atom stereocenters. The highest BCUT2D eigenvalue weighted by molar-refractivity contribution is 5.41. The van der Waals surface area contributed by atoms with Crippen LogP contribution in [0.5, 0.6) is 0 Å². The van der Waals surface area contributed by atoms with E-state index >= 15 is 0 Å². The monoisotopic (exact) mass is 193 g/mol. The number of benzene rings is 1. The summed E-state index contributed by atoms with van der Waals surface area (Å²) in [7, 11) is 0. The molecule has 1 aliphatic rings. The van der Waals surface area contributed by atoms with Crippen LogP contribution < -0.4 is 5.73 Å². The zero-order valence-corrected chi connectivity index (χ0v) is 8.52. The lowest BCUT2D eigenvalue weighted by Gasteiger charge is -2.12. The molecule has 0 heterocycles. The fourth-order valence-corrected chi connectivity index (χ4v) is 2.53. The van der Waals surface area contributed by atoms with E-state index in [0.29, 0.717) is 12.5 Å². The summed E-state index contributed by atoms with van der Waals surface area (Å²) in [6.45, 7) is 2.76. The predicted molar refractivity (Wildman–Crippen MR) is 55.9 cm³/mol. The highest BCUT2D eigenvalue weighted by Gasteiger charge is 2.25. The molecule has 1 aliphatic carbocycles. The number of hydrogen-bond acceptors (Lipinski definition) is 1. The van der Waals surface area contributed by atoms with Crippen molar-refractivity contribution in [1.82, 2.24) is 0 Å². The molecule has 1 nitrogen and oxygen atoms in total. The van der Waals surface area contributed by atoms with Crippen molar-refractivity contribution in [3.63, 3.8) is 0 Å². The van der Waals surface area contributed by atoms with Gasteiger partial charge in [-0.15, -0.1) is 0 Å². The SMILES string of the molecule is Cc1ccc(F)c2c1C(CCN)CC2. The average molecular weight is 193 g/mol. The summed E-state index contributed by atoms with van der Waals surface area (Å²) in [5.74, 6) is 0.454. The predicted octanol–water partition coefficient (Wildman–Crippen LogP) is 2.51. The molecule has 0 amide bonds. The third-order valence-electron chi connectivity index (χ3n) is 3.18. The van der Waals surface area contributed by atoms with E-state index in [4.69, 9.17) is 5.73 Å². The van der Waals surface area contributed by atoms with E-state index in [1.807, 2.05) is 6.07 Å². The smallest absolute Gasteiger partial charge is 0.126 e. The Hall–Kier alpha value is -0.890. The normalized spacial score (nSPS) is 19.8. The summed E-state index contributed by atoms with van der Waals surface area (Å²) in [6, 6.07) is 3.46. The first kappa shape index (κ1) is 9.66. The molecule has 76 valence electrons. The van der Waals surface area contributed by atoms with Crippen molar-refractivity contribution >= 4 is 0 Å². The van der Waals surface area contributed by atoms with Crippen LogP contribution in [0.2, 0.25) is 0 Å². The van der Waals surface area contributed by atoms with Gasteiger partial charge in [-0.1, -0.05) is 6.07 Å². The summed E-state index contributed by atoms with van der Waals surface area (Å²) < 4.78 is 13.5. The van der Waals surface area contributed by atoms with E-state index in [-0.39, 0.29) is 5.82 Å². The molecule has 0 aliphatic heterocycles. The van der Waals surface area contributed by atoms with Gasteiger partial charge in [0, 0.05) is 0 Å². The van der Waals surface area contributed by atoms with E-state index < -0.39 is 0 Å². The van der Waals surface area contributed by atoms with Crippen molar-refractivity contribution in [2.75, 3.05) is 6.54 Å². The van der Waals surface area contributed by atoms with Gasteiger partial charge in [-0.25, -0.2) is 4.39 Å². The van der Waals surface area contributed by atoms with Gasteiger partial charge in [-0.2, -0.15) is 0 Å². The Balaban J connectivity index is 2.42. The topological polar surface area (TPSA) is 26.0 Å². The highest BCUT2D eigenvalue weighted by atomic mass is 19.1. The van der Waals surface area contributed by atoms with E-state index in [1.165, 1.54) is 11.1 Å². The first-order valence-electron chi connectivity index (χ1n) is 5.22. The Morgan fingerprint density at radius 1 is 1.50 bits per heavy atom. The van der Waals surface area contributed by atoms with E-state index in [1.54, 1.807) is 6.07 Å². The second-order valence-corrected chi connectivity index (χ2v) is 4.07. The van der Waals surface area contributed by atoms with Gasteiger partial charge in [0.2, 0.25) is 0 Å². The molecule has 2 rings (SSSR count). The first-order chi connectivity index (χ1) is 6.74. The number of rotatable bonds is 2. The van der Waals surface area contributed by atoms with Crippen molar-refractivity contribution < 1.29 is 4.39 Å². The van der Waals surface area contributed by atoms with E-state index in [0.717, 1.165) is 24.8 Å². The summed E-state index contributed by atoms with van der Waals surface area (Å²) in [5.41, 5.74) is 8.95. The quantitative estimate of drug-likeness (QED) is 0.767. The van der Waals surface area contributed by atoms with Crippen molar-refractivity contribution in [2.24, 2.45) is 5.73 Å². The van der Waals surface area contributed by atoms with Gasteiger partial charge in [0.05, 0.1) is 0 Å². The van der Waals surface area contributed by atoms with Crippen LogP contribution in [0.4, 0.5) is 4.39 Å². The van der Waals surface area contributed by atoms with Crippen LogP contribution in [0.3, 0.4) is 0 Å². The average Bonchev–Trinajstić information content (AvgIpc) is 2.58.